The minimum atomic E-state index is -0.519. The number of piperidine rings is 1. The molecule has 1 aliphatic rings. The first-order valence-corrected chi connectivity index (χ1v) is 9.91. The largest absolute Gasteiger partial charge is 0.444 e. The summed E-state index contributed by atoms with van der Waals surface area (Å²) in [5, 5.41) is 0. The number of rotatable bonds is 5. The number of methoxy groups -OCH3 is 1. The number of carbonyl (C=O) groups is 1. The van der Waals surface area contributed by atoms with E-state index in [-0.39, 0.29) is 17.8 Å². The number of aryl methyl sites for hydroxylation is 1. The van der Waals surface area contributed by atoms with Gasteiger partial charge in [-0.25, -0.2) is 14.2 Å². The highest BCUT2D eigenvalue weighted by molar-refractivity contribution is 5.76. The average Bonchev–Trinajstić information content (AvgIpc) is 2.99. The van der Waals surface area contributed by atoms with Gasteiger partial charge in [-0.1, -0.05) is 0 Å². The number of ether oxygens (including phenoxy) is 2. The smallest absolute Gasteiger partial charge is 0.410 e. The molecule has 0 radical (unpaired) electrons. The van der Waals surface area contributed by atoms with Crippen molar-refractivity contribution in [2.75, 3.05) is 26.8 Å². The molecule has 1 amide bonds. The van der Waals surface area contributed by atoms with E-state index in [1.807, 2.05) is 20.8 Å². The SMILES string of the molecule is COCCCn1c([C@@H]2CCCN(C(=O)OC(C)(C)C)C2)nc2ccc(F)cc21. The molecule has 154 valence electrons. The number of amides is 1. The zero-order valence-electron chi connectivity index (χ0n) is 17.2. The third-order valence-corrected chi connectivity index (χ3v) is 4.91. The lowest BCUT2D eigenvalue weighted by Gasteiger charge is -2.34. The Bertz CT molecular complexity index is 828. The van der Waals surface area contributed by atoms with Crippen LogP contribution >= 0.6 is 0 Å². The lowest BCUT2D eigenvalue weighted by atomic mass is 9.97. The normalized spacial score (nSPS) is 17.9. The maximum atomic E-state index is 13.8. The maximum absolute atomic E-state index is 13.8. The predicted octanol–water partition coefficient (Wildman–Crippen LogP) is 4.33. The van der Waals surface area contributed by atoms with Crippen molar-refractivity contribution in [2.45, 2.75) is 58.1 Å². The molecule has 7 heteroatoms. The molecule has 1 aromatic carbocycles. The van der Waals surface area contributed by atoms with Gasteiger partial charge in [0.05, 0.1) is 11.0 Å². The Kier molecular flexibility index (Phi) is 6.23. The molecule has 0 N–H and O–H groups in total. The fourth-order valence-corrected chi connectivity index (χ4v) is 3.71. The van der Waals surface area contributed by atoms with E-state index >= 15 is 0 Å². The quantitative estimate of drug-likeness (QED) is 0.712. The standard InChI is InChI=1S/C21H30FN3O3/c1-21(2,3)28-20(26)24-10-5-7-15(14-24)19-23-17-9-8-16(22)13-18(17)25(19)11-6-12-27-4/h8-9,13,15H,5-7,10-12,14H2,1-4H3/t15-/m1/s1. The minimum absolute atomic E-state index is 0.0966. The first kappa shape index (κ1) is 20.6. The van der Waals surface area contributed by atoms with Crippen LogP contribution < -0.4 is 0 Å². The van der Waals surface area contributed by atoms with E-state index in [4.69, 9.17) is 14.5 Å². The molecule has 1 aromatic heterocycles. The summed E-state index contributed by atoms with van der Waals surface area (Å²) in [6.45, 7) is 8.19. The molecule has 0 unspecified atom stereocenters. The zero-order valence-corrected chi connectivity index (χ0v) is 17.2. The molecule has 1 fully saturated rings. The van der Waals surface area contributed by atoms with Crippen LogP contribution in [0.15, 0.2) is 18.2 Å². The van der Waals surface area contributed by atoms with Gasteiger partial charge in [-0.05, 0) is 58.2 Å². The molecule has 3 rings (SSSR count). The molecule has 1 atom stereocenters. The minimum Gasteiger partial charge on any atom is -0.444 e. The number of carbonyl (C=O) groups excluding carboxylic acids is 1. The second-order valence-corrected chi connectivity index (χ2v) is 8.37. The molecular weight excluding hydrogens is 361 g/mol. The lowest BCUT2D eigenvalue weighted by molar-refractivity contribution is 0.0195. The second kappa shape index (κ2) is 8.47. The van der Waals surface area contributed by atoms with Gasteiger partial charge in [0.15, 0.2) is 0 Å². The van der Waals surface area contributed by atoms with Gasteiger partial charge in [0, 0.05) is 39.3 Å². The summed E-state index contributed by atoms with van der Waals surface area (Å²) in [4.78, 5) is 19.1. The molecule has 0 aliphatic carbocycles. The molecular formula is C21H30FN3O3. The van der Waals surface area contributed by atoms with E-state index in [0.717, 1.165) is 36.1 Å². The summed E-state index contributed by atoms with van der Waals surface area (Å²) in [7, 11) is 1.67. The maximum Gasteiger partial charge on any atom is 0.410 e. The summed E-state index contributed by atoms with van der Waals surface area (Å²) in [6, 6.07) is 4.69. The van der Waals surface area contributed by atoms with Crippen molar-refractivity contribution in [3.63, 3.8) is 0 Å². The third-order valence-electron chi connectivity index (χ3n) is 4.91. The van der Waals surface area contributed by atoms with Gasteiger partial charge in [-0.3, -0.25) is 0 Å². The number of nitrogens with zero attached hydrogens (tertiary/aromatic N) is 3. The van der Waals surface area contributed by atoms with Gasteiger partial charge < -0.3 is 18.9 Å². The van der Waals surface area contributed by atoms with E-state index in [2.05, 4.69) is 4.57 Å². The molecule has 0 bridgehead atoms. The molecule has 28 heavy (non-hydrogen) atoms. The summed E-state index contributed by atoms with van der Waals surface area (Å²) in [6.07, 6.45) is 2.35. The van der Waals surface area contributed by atoms with E-state index in [0.29, 0.717) is 26.2 Å². The number of benzene rings is 1. The van der Waals surface area contributed by atoms with Crippen molar-refractivity contribution in [3.8, 4) is 0 Å². The third kappa shape index (κ3) is 4.82. The van der Waals surface area contributed by atoms with E-state index in [1.165, 1.54) is 12.1 Å². The van der Waals surface area contributed by atoms with E-state index in [9.17, 15) is 9.18 Å². The van der Waals surface area contributed by atoms with E-state index < -0.39 is 5.60 Å². The molecule has 6 nitrogen and oxygen atoms in total. The molecule has 2 heterocycles. The van der Waals surface area contributed by atoms with Gasteiger partial charge in [0.2, 0.25) is 0 Å². The van der Waals surface area contributed by atoms with Crippen molar-refractivity contribution < 1.29 is 18.7 Å². The van der Waals surface area contributed by atoms with Crippen molar-refractivity contribution in [2.24, 2.45) is 0 Å². The molecule has 2 aromatic rings. The number of likely N-dealkylation sites (tertiary alicyclic amines) is 1. The topological polar surface area (TPSA) is 56.6 Å². The number of fused-ring (bicyclic) bond motifs is 1. The van der Waals surface area contributed by atoms with E-state index in [1.54, 1.807) is 18.1 Å². The number of hydrogen-bond acceptors (Lipinski definition) is 4. The van der Waals surface area contributed by atoms with Gasteiger partial charge in [-0.2, -0.15) is 0 Å². The second-order valence-electron chi connectivity index (χ2n) is 8.37. The number of aromatic nitrogens is 2. The predicted molar refractivity (Wildman–Crippen MR) is 106 cm³/mol. The highest BCUT2D eigenvalue weighted by Gasteiger charge is 2.31. The molecule has 1 saturated heterocycles. The van der Waals surface area contributed by atoms with Crippen LogP contribution in [0, 0.1) is 5.82 Å². The lowest BCUT2D eigenvalue weighted by Crippen LogP contribution is -2.42. The monoisotopic (exact) mass is 391 g/mol. The first-order valence-electron chi connectivity index (χ1n) is 9.91. The van der Waals surface area contributed by atoms with Gasteiger partial charge >= 0.3 is 6.09 Å². The number of imidazole rings is 1. The Balaban J connectivity index is 1.86. The van der Waals surface area contributed by atoms with Crippen LogP contribution in [0.2, 0.25) is 0 Å². The Morgan fingerprint density at radius 2 is 2.14 bits per heavy atom. The Morgan fingerprint density at radius 3 is 2.86 bits per heavy atom. The Morgan fingerprint density at radius 1 is 1.36 bits per heavy atom. The van der Waals surface area contributed by atoms with Crippen LogP contribution in [0.25, 0.3) is 11.0 Å². The van der Waals surface area contributed by atoms with Crippen LogP contribution in [0.4, 0.5) is 9.18 Å². The summed E-state index contributed by atoms with van der Waals surface area (Å²) in [5.74, 6) is 0.732. The average molecular weight is 391 g/mol. The molecule has 0 saturated carbocycles. The number of halogens is 1. The van der Waals surface area contributed by atoms with Gasteiger partial charge in [0.1, 0.15) is 17.2 Å². The summed E-state index contributed by atoms with van der Waals surface area (Å²) >= 11 is 0. The molecule has 1 aliphatic heterocycles. The first-order chi connectivity index (χ1) is 13.3. The summed E-state index contributed by atoms with van der Waals surface area (Å²) in [5.41, 5.74) is 1.05. The highest BCUT2D eigenvalue weighted by Crippen LogP contribution is 2.30. The summed E-state index contributed by atoms with van der Waals surface area (Å²) < 4.78 is 26.6. The van der Waals surface area contributed by atoms with Gasteiger partial charge in [-0.15, -0.1) is 0 Å². The van der Waals surface area contributed by atoms with Crippen molar-refractivity contribution in [3.05, 3.63) is 29.8 Å². The number of hydrogen-bond donors (Lipinski definition) is 0. The van der Waals surface area contributed by atoms with Crippen LogP contribution in [-0.2, 0) is 16.0 Å². The Labute approximate surface area is 165 Å². The van der Waals surface area contributed by atoms with Crippen molar-refractivity contribution in [1.29, 1.82) is 0 Å². The fourth-order valence-electron chi connectivity index (χ4n) is 3.71. The van der Waals surface area contributed by atoms with Crippen molar-refractivity contribution in [1.82, 2.24) is 14.5 Å². The van der Waals surface area contributed by atoms with Crippen LogP contribution in [0.5, 0.6) is 0 Å². The van der Waals surface area contributed by atoms with Crippen LogP contribution in [-0.4, -0.2) is 53.0 Å². The van der Waals surface area contributed by atoms with Crippen molar-refractivity contribution >= 4 is 17.1 Å². The van der Waals surface area contributed by atoms with Gasteiger partial charge in [0.25, 0.3) is 0 Å². The van der Waals surface area contributed by atoms with Crippen LogP contribution in [0.1, 0.15) is 51.8 Å². The highest BCUT2D eigenvalue weighted by atomic mass is 19.1. The zero-order chi connectivity index (χ0) is 20.3. The molecule has 0 spiro atoms. The van der Waals surface area contributed by atoms with Crippen LogP contribution in [0.3, 0.4) is 0 Å². The fraction of sp³-hybridized carbons (Fsp3) is 0.619. The Hall–Kier alpha value is -2.15.